The van der Waals surface area contributed by atoms with E-state index >= 15 is 0 Å². The molecule has 0 saturated heterocycles. The van der Waals surface area contributed by atoms with Crippen molar-refractivity contribution in [3.8, 4) is 0 Å². The van der Waals surface area contributed by atoms with Gasteiger partial charge in [-0.1, -0.05) is 16.8 Å². The van der Waals surface area contributed by atoms with Crippen molar-refractivity contribution in [3.05, 3.63) is 46.3 Å². The zero-order valence-electron chi connectivity index (χ0n) is 9.20. The molecule has 0 aliphatic rings. The SMILES string of the molecule is Cc1noc(CNCc2cc(F)ccc2Cl)n1. The molecule has 0 atom stereocenters. The van der Waals surface area contributed by atoms with Crippen molar-refractivity contribution in [2.45, 2.75) is 20.0 Å². The van der Waals surface area contributed by atoms with Crippen molar-refractivity contribution in [1.82, 2.24) is 15.5 Å². The fraction of sp³-hybridized carbons (Fsp3) is 0.273. The molecule has 6 heteroatoms. The highest BCUT2D eigenvalue weighted by Crippen LogP contribution is 2.16. The first-order valence-electron chi connectivity index (χ1n) is 5.09. The minimum Gasteiger partial charge on any atom is -0.338 e. The van der Waals surface area contributed by atoms with Gasteiger partial charge in [-0.15, -0.1) is 0 Å². The molecule has 0 amide bonds. The number of benzene rings is 1. The Bertz CT molecular complexity index is 515. The van der Waals surface area contributed by atoms with E-state index in [0.29, 0.717) is 35.4 Å². The standard InChI is InChI=1S/C11H11ClFN3O/c1-7-15-11(17-16-7)6-14-5-8-4-9(13)2-3-10(8)12/h2-4,14H,5-6H2,1H3. The Balaban J connectivity index is 1.91. The number of nitrogens with one attached hydrogen (secondary N) is 1. The summed E-state index contributed by atoms with van der Waals surface area (Å²) in [6.45, 7) is 2.61. The van der Waals surface area contributed by atoms with E-state index < -0.39 is 0 Å². The van der Waals surface area contributed by atoms with E-state index in [-0.39, 0.29) is 5.82 Å². The van der Waals surface area contributed by atoms with Crippen LogP contribution >= 0.6 is 11.6 Å². The molecule has 1 heterocycles. The lowest BCUT2D eigenvalue weighted by molar-refractivity contribution is 0.364. The summed E-state index contributed by atoms with van der Waals surface area (Å²) in [5.74, 6) is 0.778. The Kier molecular flexibility index (Phi) is 3.71. The Morgan fingerprint density at radius 1 is 1.41 bits per heavy atom. The molecule has 0 spiro atoms. The van der Waals surface area contributed by atoms with E-state index in [1.54, 1.807) is 6.92 Å². The molecule has 0 unspecified atom stereocenters. The van der Waals surface area contributed by atoms with Crippen LogP contribution in [0.25, 0.3) is 0 Å². The summed E-state index contributed by atoms with van der Waals surface area (Å²) in [4.78, 5) is 4.03. The van der Waals surface area contributed by atoms with Crippen LogP contribution in [0.3, 0.4) is 0 Å². The number of hydrogen-bond acceptors (Lipinski definition) is 4. The Morgan fingerprint density at radius 2 is 2.24 bits per heavy atom. The smallest absolute Gasteiger partial charge is 0.240 e. The Hall–Kier alpha value is -1.46. The van der Waals surface area contributed by atoms with Crippen LogP contribution in [0.5, 0.6) is 0 Å². The van der Waals surface area contributed by atoms with E-state index in [2.05, 4.69) is 15.5 Å². The first-order valence-corrected chi connectivity index (χ1v) is 5.47. The minimum absolute atomic E-state index is 0.306. The molecule has 4 nitrogen and oxygen atoms in total. The zero-order chi connectivity index (χ0) is 12.3. The van der Waals surface area contributed by atoms with Gasteiger partial charge >= 0.3 is 0 Å². The first-order chi connectivity index (χ1) is 8.15. The van der Waals surface area contributed by atoms with Gasteiger partial charge in [0.1, 0.15) is 5.82 Å². The summed E-state index contributed by atoms with van der Waals surface area (Å²) >= 11 is 5.92. The average molecular weight is 256 g/mol. The number of nitrogens with zero attached hydrogens (tertiary/aromatic N) is 2. The fourth-order valence-corrected chi connectivity index (χ4v) is 1.58. The van der Waals surface area contributed by atoms with Crippen molar-refractivity contribution >= 4 is 11.6 Å². The van der Waals surface area contributed by atoms with Crippen molar-refractivity contribution in [2.75, 3.05) is 0 Å². The Morgan fingerprint density at radius 3 is 2.94 bits per heavy atom. The van der Waals surface area contributed by atoms with Crippen LogP contribution in [0.4, 0.5) is 4.39 Å². The third-order valence-electron chi connectivity index (χ3n) is 2.17. The lowest BCUT2D eigenvalue weighted by Gasteiger charge is -2.04. The van der Waals surface area contributed by atoms with Gasteiger partial charge in [-0.05, 0) is 30.7 Å². The van der Waals surface area contributed by atoms with E-state index in [1.807, 2.05) is 0 Å². The molecule has 0 aliphatic heterocycles. The number of aromatic nitrogens is 2. The van der Waals surface area contributed by atoms with Crippen LogP contribution in [-0.2, 0) is 13.1 Å². The van der Waals surface area contributed by atoms with Gasteiger partial charge in [-0.2, -0.15) is 4.98 Å². The van der Waals surface area contributed by atoms with E-state index in [0.717, 1.165) is 0 Å². The maximum atomic E-state index is 13.0. The molecular formula is C11H11ClFN3O. The predicted molar refractivity (Wildman–Crippen MR) is 61.0 cm³/mol. The molecule has 1 aromatic heterocycles. The topological polar surface area (TPSA) is 51.0 Å². The minimum atomic E-state index is -0.306. The summed E-state index contributed by atoms with van der Waals surface area (Å²) in [6, 6.07) is 4.26. The number of hydrogen-bond donors (Lipinski definition) is 1. The van der Waals surface area contributed by atoms with E-state index in [9.17, 15) is 4.39 Å². The monoisotopic (exact) mass is 255 g/mol. The second-order valence-electron chi connectivity index (χ2n) is 3.57. The number of rotatable bonds is 4. The summed E-state index contributed by atoms with van der Waals surface area (Å²) in [5.41, 5.74) is 0.697. The van der Waals surface area contributed by atoms with Crippen molar-refractivity contribution < 1.29 is 8.91 Å². The van der Waals surface area contributed by atoms with Crippen molar-refractivity contribution in [2.24, 2.45) is 0 Å². The summed E-state index contributed by atoms with van der Waals surface area (Å²) in [7, 11) is 0. The first kappa shape index (κ1) is 12.0. The molecule has 90 valence electrons. The van der Waals surface area contributed by atoms with Crippen LogP contribution in [0.2, 0.25) is 5.02 Å². The highest BCUT2D eigenvalue weighted by atomic mass is 35.5. The van der Waals surface area contributed by atoms with Gasteiger partial charge in [0.15, 0.2) is 5.82 Å². The molecular weight excluding hydrogens is 245 g/mol. The quantitative estimate of drug-likeness (QED) is 0.912. The molecule has 0 saturated carbocycles. The van der Waals surface area contributed by atoms with Crippen LogP contribution in [0.1, 0.15) is 17.3 Å². The van der Waals surface area contributed by atoms with Crippen LogP contribution in [0, 0.1) is 12.7 Å². The fourth-order valence-electron chi connectivity index (χ4n) is 1.39. The molecule has 0 fully saturated rings. The molecule has 0 aliphatic carbocycles. The summed E-state index contributed by atoms with van der Waals surface area (Å²) < 4.78 is 17.9. The van der Waals surface area contributed by atoms with Crippen LogP contribution in [0.15, 0.2) is 22.7 Å². The van der Waals surface area contributed by atoms with Gasteiger partial charge in [0.25, 0.3) is 0 Å². The third kappa shape index (κ3) is 3.25. The maximum Gasteiger partial charge on any atom is 0.240 e. The molecule has 1 aromatic carbocycles. The Labute approximate surface area is 103 Å². The van der Waals surface area contributed by atoms with E-state index in [4.69, 9.17) is 16.1 Å². The van der Waals surface area contributed by atoms with Gasteiger partial charge in [-0.3, -0.25) is 0 Å². The van der Waals surface area contributed by atoms with Gasteiger partial charge < -0.3 is 9.84 Å². The van der Waals surface area contributed by atoms with Gasteiger partial charge in [-0.25, -0.2) is 4.39 Å². The highest BCUT2D eigenvalue weighted by molar-refractivity contribution is 6.31. The average Bonchev–Trinajstić information content (AvgIpc) is 2.69. The maximum absolute atomic E-state index is 13.0. The summed E-state index contributed by atoms with van der Waals surface area (Å²) in [5, 5.41) is 7.24. The molecule has 0 radical (unpaired) electrons. The molecule has 0 bridgehead atoms. The number of aryl methyl sites for hydroxylation is 1. The molecule has 17 heavy (non-hydrogen) atoms. The van der Waals surface area contributed by atoms with Gasteiger partial charge in [0, 0.05) is 11.6 Å². The van der Waals surface area contributed by atoms with E-state index in [1.165, 1.54) is 18.2 Å². The second-order valence-corrected chi connectivity index (χ2v) is 3.98. The normalized spacial score (nSPS) is 10.8. The third-order valence-corrected chi connectivity index (χ3v) is 2.54. The van der Waals surface area contributed by atoms with Crippen LogP contribution in [-0.4, -0.2) is 10.1 Å². The van der Waals surface area contributed by atoms with Crippen molar-refractivity contribution in [1.29, 1.82) is 0 Å². The largest absolute Gasteiger partial charge is 0.338 e. The lowest BCUT2D eigenvalue weighted by Crippen LogP contribution is -2.13. The second kappa shape index (κ2) is 5.25. The number of halogens is 2. The van der Waals surface area contributed by atoms with Gasteiger partial charge in [0.2, 0.25) is 5.89 Å². The van der Waals surface area contributed by atoms with Crippen LogP contribution < -0.4 is 5.32 Å². The predicted octanol–water partition coefficient (Wildman–Crippen LogP) is 2.46. The lowest BCUT2D eigenvalue weighted by atomic mass is 10.2. The van der Waals surface area contributed by atoms with Gasteiger partial charge in [0.05, 0.1) is 6.54 Å². The summed E-state index contributed by atoms with van der Waals surface area (Å²) in [6.07, 6.45) is 0. The highest BCUT2D eigenvalue weighted by Gasteiger charge is 2.04. The molecule has 2 rings (SSSR count). The molecule has 2 aromatic rings. The van der Waals surface area contributed by atoms with Crippen molar-refractivity contribution in [3.63, 3.8) is 0 Å². The molecule has 1 N–H and O–H groups in total. The zero-order valence-corrected chi connectivity index (χ0v) is 9.96.